The highest BCUT2D eigenvalue weighted by molar-refractivity contribution is 6.30. The summed E-state index contributed by atoms with van der Waals surface area (Å²) in [5, 5.41) is 2.42. The van der Waals surface area contributed by atoms with E-state index >= 15 is 0 Å². The molecule has 1 fully saturated rings. The van der Waals surface area contributed by atoms with Crippen LogP contribution >= 0.6 is 11.6 Å². The van der Waals surface area contributed by atoms with E-state index in [-0.39, 0.29) is 10.7 Å². The molecule has 8 heteroatoms. The number of morpholine rings is 1. The van der Waals surface area contributed by atoms with Crippen LogP contribution in [0.1, 0.15) is 17.2 Å². The van der Waals surface area contributed by atoms with Crippen molar-refractivity contribution in [1.82, 2.24) is 0 Å². The van der Waals surface area contributed by atoms with Crippen LogP contribution in [0.5, 0.6) is 0 Å². The number of quaternary nitrogens is 1. The van der Waals surface area contributed by atoms with Gasteiger partial charge in [0, 0.05) is 10.6 Å². The van der Waals surface area contributed by atoms with Crippen molar-refractivity contribution in [2.24, 2.45) is 0 Å². The molecule has 1 heterocycles. The molecule has 1 saturated heterocycles. The van der Waals surface area contributed by atoms with Gasteiger partial charge in [-0.05, 0) is 18.2 Å². The summed E-state index contributed by atoms with van der Waals surface area (Å²) in [6, 6.07) is 11.7. The fourth-order valence-electron chi connectivity index (χ4n) is 3.21. The number of hydrogen-bond acceptors (Lipinski definition) is 2. The van der Waals surface area contributed by atoms with Gasteiger partial charge in [0.2, 0.25) is 0 Å². The Balaban J connectivity index is 1.92. The zero-order chi connectivity index (χ0) is 19.4. The van der Waals surface area contributed by atoms with Crippen LogP contribution in [0.2, 0.25) is 5.02 Å². The molecular weight excluding hydrogens is 381 g/mol. The van der Waals surface area contributed by atoms with Gasteiger partial charge in [-0.15, -0.1) is 0 Å². The predicted molar refractivity (Wildman–Crippen MR) is 95.8 cm³/mol. The van der Waals surface area contributed by atoms with Crippen molar-refractivity contribution in [3.8, 4) is 0 Å². The van der Waals surface area contributed by atoms with Gasteiger partial charge in [-0.3, -0.25) is 4.79 Å². The zero-order valence-electron chi connectivity index (χ0n) is 14.4. The Bertz CT molecular complexity index is 793. The summed E-state index contributed by atoms with van der Waals surface area (Å²) in [5.74, 6) is -0.495. The second kappa shape index (κ2) is 8.29. The van der Waals surface area contributed by atoms with E-state index in [9.17, 15) is 18.0 Å². The molecule has 27 heavy (non-hydrogen) atoms. The third kappa shape index (κ3) is 4.80. The smallest absolute Gasteiger partial charge is 0.370 e. The quantitative estimate of drug-likeness (QED) is 0.830. The highest BCUT2D eigenvalue weighted by Gasteiger charge is 2.37. The van der Waals surface area contributed by atoms with E-state index in [0.717, 1.165) is 16.5 Å². The molecule has 0 radical (unpaired) electrons. The third-order valence-electron chi connectivity index (χ3n) is 4.48. The van der Waals surface area contributed by atoms with Crippen molar-refractivity contribution in [1.29, 1.82) is 0 Å². The molecule has 1 amide bonds. The molecule has 3 rings (SSSR count). The van der Waals surface area contributed by atoms with Gasteiger partial charge in [0.1, 0.15) is 13.1 Å². The van der Waals surface area contributed by atoms with Crippen LogP contribution in [0.4, 0.5) is 18.9 Å². The van der Waals surface area contributed by atoms with Crippen molar-refractivity contribution in [2.45, 2.75) is 12.2 Å². The average molecular weight is 400 g/mol. The lowest BCUT2D eigenvalue weighted by Gasteiger charge is -2.31. The van der Waals surface area contributed by atoms with E-state index in [0.29, 0.717) is 26.3 Å². The van der Waals surface area contributed by atoms with Crippen LogP contribution in [0.15, 0.2) is 48.5 Å². The Morgan fingerprint density at radius 2 is 1.78 bits per heavy atom. The number of ether oxygens (including phenoxy) is 1. The predicted octanol–water partition coefficient (Wildman–Crippen LogP) is 2.95. The van der Waals surface area contributed by atoms with Crippen LogP contribution in [-0.2, 0) is 15.7 Å². The molecule has 0 aromatic heterocycles. The Morgan fingerprint density at radius 1 is 1.11 bits per heavy atom. The summed E-state index contributed by atoms with van der Waals surface area (Å²) in [4.78, 5) is 14.0. The molecule has 144 valence electrons. The summed E-state index contributed by atoms with van der Waals surface area (Å²) in [7, 11) is 0. The van der Waals surface area contributed by atoms with Gasteiger partial charge in [-0.2, -0.15) is 13.2 Å². The van der Waals surface area contributed by atoms with Crippen molar-refractivity contribution < 1.29 is 27.6 Å². The SMILES string of the molecule is O=C(Nc1ccc(Cl)cc1C(F)(F)F)[C@H](c1ccccc1)[NH+]1CCOCC1. The number of carbonyl (C=O) groups excluding carboxylic acids is 1. The highest BCUT2D eigenvalue weighted by Crippen LogP contribution is 2.36. The maximum Gasteiger partial charge on any atom is 0.418 e. The molecule has 1 aliphatic heterocycles. The first-order valence-corrected chi connectivity index (χ1v) is 8.89. The monoisotopic (exact) mass is 399 g/mol. The molecule has 0 bridgehead atoms. The lowest BCUT2D eigenvalue weighted by molar-refractivity contribution is -0.929. The maximum atomic E-state index is 13.3. The molecule has 4 nitrogen and oxygen atoms in total. The molecule has 0 unspecified atom stereocenters. The zero-order valence-corrected chi connectivity index (χ0v) is 15.1. The minimum absolute atomic E-state index is 0.0428. The minimum atomic E-state index is -4.62. The number of anilines is 1. The van der Waals surface area contributed by atoms with E-state index in [2.05, 4.69) is 5.32 Å². The van der Waals surface area contributed by atoms with E-state index in [1.807, 2.05) is 6.07 Å². The van der Waals surface area contributed by atoms with Crippen molar-refractivity contribution in [3.63, 3.8) is 0 Å². The Hall–Kier alpha value is -2.09. The first-order valence-electron chi connectivity index (χ1n) is 8.51. The normalized spacial score (nSPS) is 16.7. The second-order valence-corrected chi connectivity index (χ2v) is 6.73. The first-order chi connectivity index (χ1) is 12.9. The van der Waals surface area contributed by atoms with E-state index in [1.54, 1.807) is 24.3 Å². The molecule has 2 N–H and O–H groups in total. The maximum absolute atomic E-state index is 13.3. The van der Waals surface area contributed by atoms with Gasteiger partial charge < -0.3 is 15.0 Å². The van der Waals surface area contributed by atoms with Gasteiger partial charge >= 0.3 is 6.18 Å². The highest BCUT2D eigenvalue weighted by atomic mass is 35.5. The molecule has 1 aliphatic rings. The van der Waals surface area contributed by atoms with E-state index in [1.165, 1.54) is 12.1 Å². The van der Waals surface area contributed by atoms with Gasteiger partial charge in [-0.1, -0.05) is 41.9 Å². The topological polar surface area (TPSA) is 42.8 Å². The number of nitrogens with one attached hydrogen (secondary N) is 2. The van der Waals surface area contributed by atoms with Crippen molar-refractivity contribution in [2.75, 3.05) is 31.6 Å². The van der Waals surface area contributed by atoms with Crippen LogP contribution < -0.4 is 10.2 Å². The Kier molecular flexibility index (Phi) is 6.04. The van der Waals surface area contributed by atoms with Gasteiger partial charge in [0.05, 0.1) is 24.5 Å². The summed E-state index contributed by atoms with van der Waals surface area (Å²) >= 11 is 5.71. The first kappa shape index (κ1) is 19.7. The molecule has 2 aromatic carbocycles. The number of hydrogen-bond donors (Lipinski definition) is 2. The Morgan fingerprint density at radius 3 is 2.41 bits per heavy atom. The molecule has 2 aromatic rings. The number of benzene rings is 2. The van der Waals surface area contributed by atoms with Crippen molar-refractivity contribution >= 4 is 23.2 Å². The van der Waals surface area contributed by atoms with Crippen LogP contribution in [0.25, 0.3) is 0 Å². The number of rotatable bonds is 4. The fraction of sp³-hybridized carbons (Fsp3) is 0.316. The number of alkyl halides is 3. The van der Waals surface area contributed by atoms with Crippen LogP contribution in [0, 0.1) is 0 Å². The van der Waals surface area contributed by atoms with Gasteiger partial charge in [0.15, 0.2) is 6.04 Å². The summed E-state index contributed by atoms with van der Waals surface area (Å²) in [5.41, 5.74) is -0.521. The minimum Gasteiger partial charge on any atom is -0.370 e. The van der Waals surface area contributed by atoms with Crippen LogP contribution in [0.3, 0.4) is 0 Å². The summed E-state index contributed by atoms with van der Waals surface area (Å²) < 4.78 is 45.3. The van der Waals surface area contributed by atoms with Gasteiger partial charge in [-0.25, -0.2) is 0 Å². The van der Waals surface area contributed by atoms with Crippen molar-refractivity contribution in [3.05, 3.63) is 64.7 Å². The lowest BCUT2D eigenvalue weighted by Crippen LogP contribution is -3.15. The van der Waals surface area contributed by atoms with E-state index in [4.69, 9.17) is 16.3 Å². The number of halogens is 4. The number of carbonyl (C=O) groups is 1. The second-order valence-electron chi connectivity index (χ2n) is 6.29. The van der Waals surface area contributed by atoms with Gasteiger partial charge in [0.25, 0.3) is 5.91 Å². The molecule has 0 aliphatic carbocycles. The lowest BCUT2D eigenvalue weighted by atomic mass is 10.0. The Labute approximate surface area is 159 Å². The summed E-state index contributed by atoms with van der Waals surface area (Å²) in [6.45, 7) is 2.20. The molecule has 1 atom stereocenters. The third-order valence-corrected chi connectivity index (χ3v) is 4.72. The number of amides is 1. The fourth-order valence-corrected chi connectivity index (χ4v) is 3.38. The standard InChI is InChI=1S/C19H18ClF3N2O2/c20-14-6-7-16(15(12-14)19(21,22)23)24-18(26)17(13-4-2-1-3-5-13)25-8-10-27-11-9-25/h1-7,12,17H,8-11H2,(H,24,26)/p+1/t17-/m0/s1. The molecule has 0 spiro atoms. The molecule has 0 saturated carbocycles. The van der Waals surface area contributed by atoms with Crippen LogP contribution in [-0.4, -0.2) is 32.2 Å². The summed E-state index contributed by atoms with van der Waals surface area (Å²) in [6.07, 6.45) is -4.62. The molecular formula is C19H19ClF3N2O2+. The average Bonchev–Trinajstić information content (AvgIpc) is 2.64. The largest absolute Gasteiger partial charge is 0.418 e. The van der Waals surface area contributed by atoms with E-state index < -0.39 is 23.7 Å².